The molecule has 1 unspecified atom stereocenters. The van der Waals surface area contributed by atoms with Gasteiger partial charge < -0.3 is 21.1 Å². The van der Waals surface area contributed by atoms with E-state index in [0.717, 1.165) is 12.8 Å². The molecule has 2 aliphatic carbocycles. The van der Waals surface area contributed by atoms with Crippen molar-refractivity contribution in [3.63, 3.8) is 0 Å². The number of rotatable bonds is 6. The SMILES string of the molecule is CC1=CC=C(C(=O)Nc2cccnc2C(=O)Nc2ccc(Cl)cn2)C(OC2CCC(N)CC2)C1=S(=O)=O. The maximum Gasteiger partial charge on any atom is 0.277 e. The van der Waals surface area contributed by atoms with Gasteiger partial charge in [-0.15, -0.1) is 0 Å². The molecule has 2 aromatic heterocycles. The van der Waals surface area contributed by atoms with Gasteiger partial charge in [-0.05, 0) is 62.4 Å². The van der Waals surface area contributed by atoms with Crippen molar-refractivity contribution in [2.75, 3.05) is 10.6 Å². The molecule has 2 amide bonds. The summed E-state index contributed by atoms with van der Waals surface area (Å²) < 4.78 is 30.4. The van der Waals surface area contributed by atoms with Crippen molar-refractivity contribution in [1.82, 2.24) is 9.97 Å². The van der Waals surface area contributed by atoms with Crippen molar-refractivity contribution < 1.29 is 22.7 Å². The van der Waals surface area contributed by atoms with Gasteiger partial charge in [0, 0.05) is 18.4 Å². The van der Waals surface area contributed by atoms with Crippen LogP contribution >= 0.6 is 11.6 Å². The Kier molecular flexibility index (Phi) is 8.49. The first-order chi connectivity index (χ1) is 17.7. The third kappa shape index (κ3) is 6.50. The number of nitrogens with zero attached hydrogens (tertiary/aromatic N) is 2. The van der Waals surface area contributed by atoms with Crippen molar-refractivity contribution in [2.24, 2.45) is 5.73 Å². The monoisotopic (exact) mass is 543 g/mol. The Labute approximate surface area is 220 Å². The van der Waals surface area contributed by atoms with Gasteiger partial charge in [0.2, 0.25) is 10.3 Å². The average Bonchev–Trinajstić information content (AvgIpc) is 2.87. The molecule has 10 nitrogen and oxygen atoms in total. The van der Waals surface area contributed by atoms with E-state index in [9.17, 15) is 18.0 Å². The third-order valence-corrected chi connectivity index (χ3v) is 7.27. The number of anilines is 2. The summed E-state index contributed by atoms with van der Waals surface area (Å²) in [5.41, 5.74) is 6.67. The first kappa shape index (κ1) is 26.7. The number of nitrogens with two attached hydrogens (primary N) is 1. The van der Waals surface area contributed by atoms with Crippen molar-refractivity contribution >= 4 is 50.1 Å². The maximum absolute atomic E-state index is 13.4. The lowest BCUT2D eigenvalue weighted by atomic mass is 9.91. The van der Waals surface area contributed by atoms with Crippen LogP contribution in [0.4, 0.5) is 11.5 Å². The number of nitrogens with one attached hydrogen (secondary N) is 2. The lowest BCUT2D eigenvalue weighted by molar-refractivity contribution is -0.114. The molecule has 1 fully saturated rings. The highest BCUT2D eigenvalue weighted by Gasteiger charge is 2.34. The topological polar surface area (TPSA) is 153 Å². The molecule has 1 saturated carbocycles. The highest BCUT2D eigenvalue weighted by molar-refractivity contribution is 7.73. The average molecular weight is 544 g/mol. The highest BCUT2D eigenvalue weighted by atomic mass is 35.5. The number of pyridine rings is 2. The maximum atomic E-state index is 13.4. The van der Waals surface area contributed by atoms with E-state index in [4.69, 9.17) is 22.1 Å². The molecule has 0 bridgehead atoms. The normalized spacial score (nSPS) is 21.5. The van der Waals surface area contributed by atoms with Gasteiger partial charge in [-0.1, -0.05) is 23.8 Å². The van der Waals surface area contributed by atoms with Crippen molar-refractivity contribution in [2.45, 2.75) is 50.9 Å². The second-order valence-electron chi connectivity index (χ2n) is 8.79. The van der Waals surface area contributed by atoms with E-state index in [1.54, 1.807) is 25.1 Å². The van der Waals surface area contributed by atoms with Crippen LogP contribution in [-0.4, -0.2) is 53.3 Å². The molecular weight excluding hydrogens is 518 g/mol. The number of ether oxygens (including phenoxy) is 1. The Bertz CT molecular complexity index is 1390. The lowest BCUT2D eigenvalue weighted by Crippen LogP contribution is -2.40. The standard InChI is InChI=1S/C25H26ClN5O5S/c1-14-4-10-18(22(23(14)37(34)35)36-17-8-6-16(27)7-9-17)24(32)30-19-3-2-12-28-21(19)25(33)31-20-11-5-15(26)13-29-20/h2-5,10-13,16-17,22H,6-9,27H2,1H3,(H,30,32)(H,29,31,33). The van der Waals surface area contributed by atoms with E-state index < -0.39 is 28.2 Å². The molecule has 2 aromatic rings. The van der Waals surface area contributed by atoms with E-state index >= 15 is 0 Å². The Balaban J connectivity index is 1.58. The second kappa shape index (κ2) is 11.8. The zero-order valence-electron chi connectivity index (χ0n) is 20.0. The molecule has 0 radical (unpaired) electrons. The minimum atomic E-state index is -2.61. The first-order valence-electron chi connectivity index (χ1n) is 11.7. The Hall–Kier alpha value is -3.38. The van der Waals surface area contributed by atoms with Crippen LogP contribution in [0.1, 0.15) is 43.1 Å². The van der Waals surface area contributed by atoms with Crippen LogP contribution in [0.3, 0.4) is 0 Å². The highest BCUT2D eigenvalue weighted by Crippen LogP contribution is 2.28. The van der Waals surface area contributed by atoms with Gasteiger partial charge in [-0.3, -0.25) is 9.59 Å². The molecule has 37 heavy (non-hydrogen) atoms. The molecule has 1 atom stereocenters. The molecular formula is C25H26ClN5O5S. The number of allylic oxidation sites excluding steroid dienone is 2. The van der Waals surface area contributed by atoms with Gasteiger partial charge in [-0.2, -0.15) is 8.42 Å². The van der Waals surface area contributed by atoms with Crippen LogP contribution < -0.4 is 16.4 Å². The molecule has 0 spiro atoms. The van der Waals surface area contributed by atoms with Crippen LogP contribution in [0, 0.1) is 0 Å². The zero-order chi connectivity index (χ0) is 26.5. The lowest BCUT2D eigenvalue weighted by Gasteiger charge is -2.32. The number of carbonyl (C=O) groups excluding carboxylic acids is 2. The molecule has 2 heterocycles. The Morgan fingerprint density at radius 2 is 1.81 bits per heavy atom. The molecule has 0 aliphatic heterocycles. The van der Waals surface area contributed by atoms with Crippen LogP contribution in [0.25, 0.3) is 0 Å². The van der Waals surface area contributed by atoms with E-state index in [1.807, 2.05) is 0 Å². The number of hydrogen-bond donors (Lipinski definition) is 3. The number of aromatic nitrogens is 2. The fraction of sp³-hybridized carbons (Fsp3) is 0.320. The van der Waals surface area contributed by atoms with Gasteiger partial charge in [0.05, 0.1) is 22.4 Å². The van der Waals surface area contributed by atoms with Gasteiger partial charge in [-0.25, -0.2) is 9.97 Å². The van der Waals surface area contributed by atoms with Crippen LogP contribution in [0.15, 0.2) is 60.0 Å². The van der Waals surface area contributed by atoms with Crippen molar-refractivity contribution in [3.05, 3.63) is 70.7 Å². The molecule has 2 aliphatic rings. The number of hydrogen-bond acceptors (Lipinski definition) is 8. The van der Waals surface area contributed by atoms with Gasteiger partial charge in [0.15, 0.2) is 5.69 Å². The predicted molar refractivity (Wildman–Crippen MR) is 141 cm³/mol. The molecule has 194 valence electrons. The largest absolute Gasteiger partial charge is 0.364 e. The summed E-state index contributed by atoms with van der Waals surface area (Å²) >= 11 is 5.84. The minimum absolute atomic E-state index is 0.000452. The Morgan fingerprint density at radius 1 is 1.05 bits per heavy atom. The van der Waals surface area contributed by atoms with E-state index in [2.05, 4.69) is 20.6 Å². The van der Waals surface area contributed by atoms with E-state index in [1.165, 1.54) is 30.6 Å². The van der Waals surface area contributed by atoms with Gasteiger partial charge >= 0.3 is 0 Å². The molecule has 0 aromatic carbocycles. The fourth-order valence-corrected chi connectivity index (χ4v) is 5.01. The summed E-state index contributed by atoms with van der Waals surface area (Å²) in [7, 11) is -2.61. The summed E-state index contributed by atoms with van der Waals surface area (Å²) in [5.74, 6) is -0.958. The number of amides is 2. The first-order valence-corrected chi connectivity index (χ1v) is 13.1. The van der Waals surface area contributed by atoms with Crippen LogP contribution in [0.5, 0.6) is 0 Å². The molecule has 4 rings (SSSR count). The quantitative estimate of drug-likeness (QED) is 0.470. The Morgan fingerprint density at radius 3 is 2.49 bits per heavy atom. The fourth-order valence-electron chi connectivity index (χ4n) is 4.21. The summed E-state index contributed by atoms with van der Waals surface area (Å²) in [6, 6.07) is 6.28. The molecule has 0 saturated heterocycles. The van der Waals surface area contributed by atoms with Gasteiger partial charge in [0.1, 0.15) is 16.8 Å². The van der Waals surface area contributed by atoms with Gasteiger partial charge in [0.25, 0.3) is 11.8 Å². The zero-order valence-corrected chi connectivity index (χ0v) is 21.6. The second-order valence-corrected chi connectivity index (χ2v) is 10.1. The minimum Gasteiger partial charge on any atom is -0.364 e. The predicted octanol–water partition coefficient (Wildman–Crippen LogP) is 2.91. The summed E-state index contributed by atoms with van der Waals surface area (Å²) in [6.45, 7) is 1.65. The summed E-state index contributed by atoms with van der Waals surface area (Å²) in [4.78, 5) is 34.4. The van der Waals surface area contributed by atoms with E-state index in [0.29, 0.717) is 23.4 Å². The number of carbonyl (C=O) groups is 2. The molecule has 4 N–H and O–H groups in total. The smallest absolute Gasteiger partial charge is 0.277 e. The van der Waals surface area contributed by atoms with Crippen LogP contribution in [-0.2, 0) is 19.8 Å². The summed E-state index contributed by atoms with van der Waals surface area (Å²) in [5, 5.41) is 5.71. The molecule has 12 heteroatoms. The van der Waals surface area contributed by atoms with E-state index in [-0.39, 0.29) is 39.8 Å². The summed E-state index contributed by atoms with van der Waals surface area (Å²) in [6.07, 6.45) is 7.41. The van der Waals surface area contributed by atoms with Crippen molar-refractivity contribution in [1.29, 1.82) is 0 Å². The van der Waals surface area contributed by atoms with Crippen LogP contribution in [0.2, 0.25) is 5.02 Å². The third-order valence-electron chi connectivity index (χ3n) is 6.15. The van der Waals surface area contributed by atoms with Crippen molar-refractivity contribution in [3.8, 4) is 0 Å². The number of halogens is 1.